The molecule has 4 nitrogen and oxygen atoms in total. The van der Waals surface area contributed by atoms with Crippen LogP contribution in [-0.4, -0.2) is 44.1 Å². The highest BCUT2D eigenvalue weighted by atomic mass is 19.1. The summed E-state index contributed by atoms with van der Waals surface area (Å²) in [6, 6.07) is 6.34. The Morgan fingerprint density at radius 2 is 2.27 bits per heavy atom. The molecule has 122 valence electrons. The van der Waals surface area contributed by atoms with Crippen molar-refractivity contribution in [2.75, 3.05) is 33.3 Å². The highest BCUT2D eigenvalue weighted by Gasteiger charge is 2.22. The Labute approximate surface area is 131 Å². The molecule has 1 aromatic rings. The molecular formula is C17H25FN2O2. The van der Waals surface area contributed by atoms with Gasteiger partial charge in [0.2, 0.25) is 5.91 Å². The maximum absolute atomic E-state index is 13.4. The second-order valence-electron chi connectivity index (χ2n) is 5.79. The Hall–Kier alpha value is -1.62. The largest absolute Gasteiger partial charge is 0.491 e. The quantitative estimate of drug-likeness (QED) is 0.787. The van der Waals surface area contributed by atoms with Gasteiger partial charge in [-0.2, -0.15) is 0 Å². The van der Waals surface area contributed by atoms with E-state index < -0.39 is 0 Å². The van der Waals surface area contributed by atoms with E-state index in [1.165, 1.54) is 12.5 Å². The topological polar surface area (TPSA) is 41.6 Å². The van der Waals surface area contributed by atoms with Crippen LogP contribution in [0, 0.1) is 11.7 Å². The summed E-state index contributed by atoms with van der Waals surface area (Å²) in [4.78, 5) is 14.2. The number of hydrogen-bond donors (Lipinski definition) is 1. The summed E-state index contributed by atoms with van der Waals surface area (Å²) in [5.74, 6) is 0.622. The Morgan fingerprint density at radius 3 is 3.05 bits per heavy atom. The van der Waals surface area contributed by atoms with E-state index in [4.69, 9.17) is 4.74 Å². The molecule has 22 heavy (non-hydrogen) atoms. The number of likely N-dealkylation sites (tertiary alicyclic amines) is 1. The number of amides is 1. The van der Waals surface area contributed by atoms with Gasteiger partial charge in [-0.1, -0.05) is 12.1 Å². The van der Waals surface area contributed by atoms with Crippen LogP contribution in [0.4, 0.5) is 4.39 Å². The Kier molecular flexibility index (Phi) is 6.65. The molecule has 1 atom stereocenters. The van der Waals surface area contributed by atoms with Crippen molar-refractivity contribution in [1.29, 1.82) is 0 Å². The number of piperidine rings is 1. The lowest BCUT2D eigenvalue weighted by Crippen LogP contribution is -2.42. The van der Waals surface area contributed by atoms with Gasteiger partial charge in [0.1, 0.15) is 0 Å². The SMILES string of the molecule is CNC[C@H]1CCCN(C(=O)CCCOc2ccccc2F)C1. The molecule has 0 aliphatic carbocycles. The van der Waals surface area contributed by atoms with E-state index in [2.05, 4.69) is 5.32 Å². The zero-order valence-electron chi connectivity index (χ0n) is 13.2. The molecule has 1 aliphatic heterocycles. The lowest BCUT2D eigenvalue weighted by molar-refractivity contribution is -0.133. The molecule has 1 amide bonds. The summed E-state index contributed by atoms with van der Waals surface area (Å²) in [5, 5.41) is 3.18. The second kappa shape index (κ2) is 8.73. The van der Waals surface area contributed by atoms with Crippen LogP contribution in [-0.2, 0) is 4.79 Å². The van der Waals surface area contributed by atoms with Crippen LogP contribution >= 0.6 is 0 Å². The van der Waals surface area contributed by atoms with Gasteiger partial charge in [-0.05, 0) is 50.9 Å². The first-order chi connectivity index (χ1) is 10.7. The highest BCUT2D eigenvalue weighted by Crippen LogP contribution is 2.18. The number of nitrogens with one attached hydrogen (secondary N) is 1. The fraction of sp³-hybridized carbons (Fsp3) is 0.588. The van der Waals surface area contributed by atoms with Crippen molar-refractivity contribution >= 4 is 5.91 Å². The van der Waals surface area contributed by atoms with Crippen molar-refractivity contribution in [2.24, 2.45) is 5.92 Å². The lowest BCUT2D eigenvalue weighted by atomic mass is 9.97. The summed E-state index contributed by atoms with van der Waals surface area (Å²) in [7, 11) is 1.95. The smallest absolute Gasteiger partial charge is 0.222 e. The zero-order chi connectivity index (χ0) is 15.8. The van der Waals surface area contributed by atoms with Crippen LogP contribution < -0.4 is 10.1 Å². The highest BCUT2D eigenvalue weighted by molar-refractivity contribution is 5.76. The van der Waals surface area contributed by atoms with Gasteiger partial charge in [0.15, 0.2) is 11.6 Å². The fourth-order valence-electron chi connectivity index (χ4n) is 2.87. The number of carbonyl (C=O) groups is 1. The molecule has 2 rings (SSSR count). The van der Waals surface area contributed by atoms with Gasteiger partial charge in [-0.15, -0.1) is 0 Å². The first kappa shape index (κ1) is 16.7. The van der Waals surface area contributed by atoms with E-state index in [0.29, 0.717) is 25.4 Å². The zero-order valence-corrected chi connectivity index (χ0v) is 13.2. The minimum absolute atomic E-state index is 0.179. The number of carbonyl (C=O) groups excluding carboxylic acids is 1. The third-order valence-corrected chi connectivity index (χ3v) is 3.99. The molecule has 5 heteroatoms. The van der Waals surface area contributed by atoms with Gasteiger partial charge in [0.05, 0.1) is 6.61 Å². The molecule has 0 radical (unpaired) electrons. The Balaban J connectivity index is 1.68. The van der Waals surface area contributed by atoms with Crippen molar-refractivity contribution in [3.05, 3.63) is 30.1 Å². The Bertz CT molecular complexity index is 479. The average Bonchev–Trinajstić information content (AvgIpc) is 2.53. The van der Waals surface area contributed by atoms with Gasteiger partial charge in [-0.25, -0.2) is 4.39 Å². The van der Waals surface area contributed by atoms with E-state index in [9.17, 15) is 9.18 Å². The van der Waals surface area contributed by atoms with E-state index in [-0.39, 0.29) is 17.5 Å². The minimum Gasteiger partial charge on any atom is -0.491 e. The van der Waals surface area contributed by atoms with Crippen molar-refractivity contribution in [2.45, 2.75) is 25.7 Å². The van der Waals surface area contributed by atoms with Crippen LogP contribution in [0.2, 0.25) is 0 Å². The molecule has 1 saturated heterocycles. The number of hydrogen-bond acceptors (Lipinski definition) is 3. The summed E-state index contributed by atoms with van der Waals surface area (Å²) in [6.45, 7) is 3.02. The number of nitrogens with zero attached hydrogens (tertiary/aromatic N) is 1. The van der Waals surface area contributed by atoms with Crippen LogP contribution in [0.25, 0.3) is 0 Å². The maximum atomic E-state index is 13.4. The molecule has 1 aliphatic rings. The summed E-state index contributed by atoms with van der Waals surface area (Å²) >= 11 is 0. The summed E-state index contributed by atoms with van der Waals surface area (Å²) < 4.78 is 18.8. The van der Waals surface area contributed by atoms with Crippen LogP contribution in [0.5, 0.6) is 5.75 Å². The van der Waals surface area contributed by atoms with Gasteiger partial charge < -0.3 is 15.0 Å². The van der Waals surface area contributed by atoms with Crippen molar-refractivity contribution in [1.82, 2.24) is 10.2 Å². The third kappa shape index (κ3) is 4.98. The first-order valence-electron chi connectivity index (χ1n) is 8.00. The van der Waals surface area contributed by atoms with E-state index in [0.717, 1.165) is 26.1 Å². The molecule has 1 aromatic carbocycles. The predicted octanol–water partition coefficient (Wildman–Crippen LogP) is 2.44. The lowest BCUT2D eigenvalue weighted by Gasteiger charge is -2.32. The predicted molar refractivity (Wildman–Crippen MR) is 84.4 cm³/mol. The van der Waals surface area contributed by atoms with Gasteiger partial charge in [0.25, 0.3) is 0 Å². The number of benzene rings is 1. The first-order valence-corrected chi connectivity index (χ1v) is 8.00. The summed E-state index contributed by atoms with van der Waals surface area (Å²) in [5.41, 5.74) is 0. The second-order valence-corrected chi connectivity index (χ2v) is 5.79. The Morgan fingerprint density at radius 1 is 1.45 bits per heavy atom. The molecule has 1 fully saturated rings. The van der Waals surface area contributed by atoms with Crippen LogP contribution in [0.3, 0.4) is 0 Å². The normalized spacial score (nSPS) is 18.3. The van der Waals surface area contributed by atoms with Gasteiger partial charge in [0, 0.05) is 19.5 Å². The number of ether oxygens (including phenoxy) is 1. The van der Waals surface area contributed by atoms with Crippen LogP contribution in [0.1, 0.15) is 25.7 Å². The van der Waals surface area contributed by atoms with Crippen molar-refractivity contribution in [3.8, 4) is 5.75 Å². The third-order valence-electron chi connectivity index (χ3n) is 3.99. The number of para-hydroxylation sites is 1. The van der Waals surface area contributed by atoms with Gasteiger partial charge >= 0.3 is 0 Å². The molecule has 0 bridgehead atoms. The van der Waals surface area contributed by atoms with Gasteiger partial charge in [-0.3, -0.25) is 4.79 Å². The molecular weight excluding hydrogens is 283 g/mol. The fourth-order valence-corrected chi connectivity index (χ4v) is 2.87. The molecule has 0 unspecified atom stereocenters. The molecule has 1 N–H and O–H groups in total. The average molecular weight is 308 g/mol. The maximum Gasteiger partial charge on any atom is 0.222 e. The molecule has 1 heterocycles. The monoisotopic (exact) mass is 308 g/mol. The van der Waals surface area contributed by atoms with Crippen molar-refractivity contribution < 1.29 is 13.9 Å². The molecule has 0 spiro atoms. The van der Waals surface area contributed by atoms with Crippen LogP contribution in [0.15, 0.2) is 24.3 Å². The van der Waals surface area contributed by atoms with E-state index in [1.807, 2.05) is 11.9 Å². The number of rotatable bonds is 7. The molecule has 0 aromatic heterocycles. The van der Waals surface area contributed by atoms with E-state index >= 15 is 0 Å². The standard InChI is InChI=1S/C17H25FN2O2/c1-19-12-14-6-4-10-20(13-14)17(21)9-5-11-22-16-8-3-2-7-15(16)18/h2-3,7-8,14,19H,4-6,9-13H2,1H3/t14-/m1/s1. The number of halogens is 1. The van der Waals surface area contributed by atoms with Crippen molar-refractivity contribution in [3.63, 3.8) is 0 Å². The molecule has 0 saturated carbocycles. The van der Waals surface area contributed by atoms with E-state index in [1.54, 1.807) is 18.2 Å². The minimum atomic E-state index is -0.361. The summed E-state index contributed by atoms with van der Waals surface area (Å²) in [6.07, 6.45) is 3.33.